The number of amides is 1. The first-order valence-corrected chi connectivity index (χ1v) is 4.95. The third-order valence-electron chi connectivity index (χ3n) is 2.44. The van der Waals surface area contributed by atoms with Crippen molar-refractivity contribution in [3.05, 3.63) is 33.9 Å². The van der Waals surface area contributed by atoms with Gasteiger partial charge in [-0.05, 0) is 6.07 Å². The lowest BCUT2D eigenvalue weighted by Gasteiger charge is -2.27. The van der Waals surface area contributed by atoms with Gasteiger partial charge in [0.25, 0.3) is 11.6 Å². The number of nitro benzene ring substituents is 1. The maximum absolute atomic E-state index is 11.9. The summed E-state index contributed by atoms with van der Waals surface area (Å²) >= 11 is 0. The summed E-state index contributed by atoms with van der Waals surface area (Å²) in [6.45, 7) is 0.00449. The number of nitrogens with zero attached hydrogens (tertiary/aromatic N) is 2. The predicted molar refractivity (Wildman–Crippen MR) is 56.7 cm³/mol. The van der Waals surface area contributed by atoms with Crippen LogP contribution in [-0.4, -0.2) is 40.7 Å². The molecule has 0 atom stereocenters. The number of rotatable bonds is 3. The highest BCUT2D eigenvalue weighted by molar-refractivity contribution is 5.98. The van der Waals surface area contributed by atoms with Crippen molar-refractivity contribution in [2.75, 3.05) is 19.9 Å². The maximum atomic E-state index is 11.9. The van der Waals surface area contributed by atoms with E-state index in [0.717, 1.165) is 0 Å². The van der Waals surface area contributed by atoms with Crippen LogP contribution in [0.25, 0.3) is 0 Å². The molecule has 90 valence electrons. The second-order valence-corrected chi connectivity index (χ2v) is 3.50. The molecule has 0 saturated heterocycles. The zero-order valence-corrected chi connectivity index (χ0v) is 8.83. The van der Waals surface area contributed by atoms with Gasteiger partial charge < -0.3 is 14.7 Å². The molecule has 7 heteroatoms. The van der Waals surface area contributed by atoms with E-state index in [9.17, 15) is 14.9 Å². The average molecular weight is 238 g/mol. The lowest BCUT2D eigenvalue weighted by atomic mass is 10.1. The zero-order valence-electron chi connectivity index (χ0n) is 8.83. The van der Waals surface area contributed by atoms with E-state index in [1.165, 1.54) is 23.1 Å². The van der Waals surface area contributed by atoms with Gasteiger partial charge in [0.1, 0.15) is 5.75 Å². The lowest BCUT2D eigenvalue weighted by molar-refractivity contribution is -0.384. The number of hydrogen-bond donors (Lipinski definition) is 1. The standard InChI is InChI=1S/C10H10N2O5/c13-4-3-11-6-17-9-2-1-7(12(15)16)5-8(9)10(11)14/h1-2,5,13H,3-4,6H2. The number of carbonyl (C=O) groups is 1. The number of ether oxygens (including phenoxy) is 1. The van der Waals surface area contributed by atoms with Crippen LogP contribution in [0.3, 0.4) is 0 Å². The van der Waals surface area contributed by atoms with Crippen LogP contribution in [0.15, 0.2) is 18.2 Å². The first kappa shape index (κ1) is 11.3. The van der Waals surface area contributed by atoms with Gasteiger partial charge in [-0.2, -0.15) is 0 Å². The van der Waals surface area contributed by atoms with Crippen molar-refractivity contribution in [3.8, 4) is 5.75 Å². The summed E-state index contributed by atoms with van der Waals surface area (Å²) in [5.74, 6) is -0.0428. The Morgan fingerprint density at radius 1 is 1.53 bits per heavy atom. The lowest BCUT2D eigenvalue weighted by Crippen LogP contribution is -2.40. The van der Waals surface area contributed by atoms with Crippen LogP contribution in [0, 0.1) is 10.1 Å². The number of β-amino-alcohol motifs (C(OH)–C–C–N with tert-alkyl or cyclic N) is 1. The van der Waals surface area contributed by atoms with Crippen LogP contribution in [0.2, 0.25) is 0 Å². The highest BCUT2D eigenvalue weighted by Crippen LogP contribution is 2.28. The van der Waals surface area contributed by atoms with Gasteiger partial charge in [0.15, 0.2) is 6.73 Å². The molecule has 1 aromatic carbocycles. The number of nitro groups is 1. The summed E-state index contributed by atoms with van der Waals surface area (Å²) in [6, 6.07) is 3.87. The number of non-ortho nitro benzene ring substituents is 1. The zero-order chi connectivity index (χ0) is 12.4. The van der Waals surface area contributed by atoms with E-state index in [-0.39, 0.29) is 37.0 Å². The minimum atomic E-state index is -0.571. The van der Waals surface area contributed by atoms with Crippen LogP contribution >= 0.6 is 0 Å². The van der Waals surface area contributed by atoms with Crippen molar-refractivity contribution in [2.45, 2.75) is 0 Å². The van der Waals surface area contributed by atoms with Gasteiger partial charge >= 0.3 is 0 Å². The molecule has 0 unspecified atom stereocenters. The summed E-state index contributed by atoms with van der Waals surface area (Å²) in [5, 5.41) is 19.4. The van der Waals surface area contributed by atoms with Gasteiger partial charge in [0.05, 0.1) is 17.1 Å². The fraction of sp³-hybridized carbons (Fsp3) is 0.300. The van der Waals surface area contributed by atoms with Crippen molar-refractivity contribution in [2.24, 2.45) is 0 Å². The predicted octanol–water partition coefficient (Wildman–Crippen LogP) is 0.379. The van der Waals surface area contributed by atoms with Crippen LogP contribution in [0.5, 0.6) is 5.75 Å². The Hall–Kier alpha value is -2.15. The van der Waals surface area contributed by atoms with Gasteiger partial charge in [-0.25, -0.2) is 0 Å². The molecule has 1 aliphatic rings. The number of hydrogen-bond acceptors (Lipinski definition) is 5. The molecule has 7 nitrogen and oxygen atoms in total. The van der Waals surface area contributed by atoms with E-state index >= 15 is 0 Å². The summed E-state index contributed by atoms with van der Waals surface area (Å²) in [7, 11) is 0. The number of aliphatic hydroxyl groups excluding tert-OH is 1. The van der Waals surface area contributed by atoms with E-state index in [4.69, 9.17) is 9.84 Å². The Balaban J connectivity index is 2.36. The Kier molecular flexibility index (Phi) is 2.92. The fourth-order valence-corrected chi connectivity index (χ4v) is 1.59. The quantitative estimate of drug-likeness (QED) is 0.607. The molecule has 0 fully saturated rings. The second-order valence-electron chi connectivity index (χ2n) is 3.50. The van der Waals surface area contributed by atoms with Crippen molar-refractivity contribution in [1.82, 2.24) is 4.90 Å². The molecule has 0 saturated carbocycles. The van der Waals surface area contributed by atoms with Gasteiger partial charge in [-0.1, -0.05) is 0 Å². The number of aliphatic hydroxyl groups is 1. The highest BCUT2D eigenvalue weighted by Gasteiger charge is 2.27. The van der Waals surface area contributed by atoms with Crippen LogP contribution in [0.1, 0.15) is 10.4 Å². The first-order chi connectivity index (χ1) is 8.13. The van der Waals surface area contributed by atoms with E-state index in [2.05, 4.69) is 0 Å². The largest absolute Gasteiger partial charge is 0.472 e. The van der Waals surface area contributed by atoms with Crippen molar-refractivity contribution < 1.29 is 19.6 Å². The highest BCUT2D eigenvalue weighted by atomic mass is 16.6. The van der Waals surface area contributed by atoms with E-state index in [1.807, 2.05) is 0 Å². The van der Waals surface area contributed by atoms with Crippen LogP contribution in [-0.2, 0) is 0 Å². The molecule has 1 N–H and O–H groups in total. The van der Waals surface area contributed by atoms with Crippen molar-refractivity contribution >= 4 is 11.6 Å². The molecule has 0 bridgehead atoms. The monoisotopic (exact) mass is 238 g/mol. The smallest absolute Gasteiger partial charge is 0.270 e. The third-order valence-corrected chi connectivity index (χ3v) is 2.44. The minimum absolute atomic E-state index is 0.0458. The van der Waals surface area contributed by atoms with E-state index in [1.54, 1.807) is 0 Å². The fourth-order valence-electron chi connectivity index (χ4n) is 1.59. The Morgan fingerprint density at radius 3 is 2.94 bits per heavy atom. The Morgan fingerprint density at radius 2 is 2.29 bits per heavy atom. The topological polar surface area (TPSA) is 92.9 Å². The molecule has 1 heterocycles. The van der Waals surface area contributed by atoms with Gasteiger partial charge in [-0.3, -0.25) is 14.9 Å². The molecular weight excluding hydrogens is 228 g/mol. The SMILES string of the molecule is O=C1c2cc([N+](=O)[O-])ccc2OCN1CCO. The molecule has 1 aliphatic heterocycles. The number of benzene rings is 1. The summed E-state index contributed by atoms with van der Waals surface area (Å²) in [6.07, 6.45) is 0. The molecule has 1 amide bonds. The number of fused-ring (bicyclic) bond motifs is 1. The Bertz CT molecular complexity index is 474. The maximum Gasteiger partial charge on any atom is 0.270 e. The minimum Gasteiger partial charge on any atom is -0.472 e. The van der Waals surface area contributed by atoms with Crippen molar-refractivity contribution in [1.29, 1.82) is 0 Å². The molecule has 17 heavy (non-hydrogen) atoms. The summed E-state index contributed by atoms with van der Waals surface area (Å²) in [5.41, 5.74) is -0.00884. The molecule has 0 spiro atoms. The van der Waals surface area contributed by atoms with Gasteiger partial charge in [0, 0.05) is 18.7 Å². The molecular formula is C10H10N2O5. The molecule has 0 aromatic heterocycles. The first-order valence-electron chi connectivity index (χ1n) is 4.95. The molecule has 1 aromatic rings. The van der Waals surface area contributed by atoms with E-state index in [0.29, 0.717) is 5.75 Å². The second kappa shape index (κ2) is 4.38. The van der Waals surface area contributed by atoms with Gasteiger partial charge in [0.2, 0.25) is 0 Å². The average Bonchev–Trinajstić information content (AvgIpc) is 2.32. The molecule has 0 radical (unpaired) electrons. The summed E-state index contributed by atoms with van der Waals surface area (Å²) in [4.78, 5) is 23.2. The normalized spacial score (nSPS) is 14.2. The van der Waals surface area contributed by atoms with Crippen LogP contribution in [0.4, 0.5) is 5.69 Å². The molecule has 0 aliphatic carbocycles. The molecule has 2 rings (SSSR count). The Labute approximate surface area is 96.4 Å². The van der Waals surface area contributed by atoms with Gasteiger partial charge in [-0.15, -0.1) is 0 Å². The summed E-state index contributed by atoms with van der Waals surface area (Å²) < 4.78 is 5.27. The number of carbonyl (C=O) groups excluding carboxylic acids is 1. The van der Waals surface area contributed by atoms with Crippen molar-refractivity contribution in [3.63, 3.8) is 0 Å². The third kappa shape index (κ3) is 2.04. The van der Waals surface area contributed by atoms with E-state index < -0.39 is 4.92 Å². The van der Waals surface area contributed by atoms with Crippen LogP contribution < -0.4 is 4.74 Å².